The van der Waals surface area contributed by atoms with E-state index in [-0.39, 0.29) is 68.6 Å². The Hall–Kier alpha value is 0.355. The molecule has 0 saturated carbocycles. The maximum absolute atomic E-state index is 8.99. The molecule has 0 bridgehead atoms. The first-order chi connectivity index (χ1) is 1.73. The first-order valence-electron chi connectivity index (χ1n) is 0.641. The number of nitrogens with zero attached hydrogens (tertiary/aromatic N) is 1. The van der Waals surface area contributed by atoms with Crippen molar-refractivity contribution in [1.29, 1.82) is 0 Å². The van der Waals surface area contributed by atoms with Crippen LogP contribution in [0, 0.1) is 39.0 Å². The Morgan fingerprint density at radius 1 is 0.900 bits per heavy atom. The number of hydrogen-bond donors (Lipinski definition) is 1. The summed E-state index contributed by atoms with van der Waals surface area (Å²) >= 11 is 0.0185. The molecule has 0 fully saturated rings. The van der Waals surface area contributed by atoms with E-state index in [2.05, 4.69) is 0 Å². The Bertz CT molecular complexity index is 32.2. The predicted octanol–water partition coefficient (Wildman–Crippen LogP) is -5.33. The molecule has 0 atom stereocenters. The molecule has 69 valence electrons. The fraction of sp³-hybridized carbons (Fsp3) is 0. The van der Waals surface area contributed by atoms with Gasteiger partial charge in [-0.1, -0.05) is 0 Å². The molecule has 0 aliphatic carbocycles. The molecule has 9 nitrogen and oxygen atoms in total. The molecular formula is H13LaNO8. The molecule has 0 aromatic heterocycles. The molecule has 0 radical (unpaired) electrons. The Labute approximate surface area is 78.6 Å². The van der Waals surface area contributed by atoms with Crippen molar-refractivity contribution in [2.45, 2.75) is 0 Å². The van der Waals surface area contributed by atoms with Crippen LogP contribution in [0.1, 0.15) is 0 Å². The molecule has 0 aliphatic rings. The molecular weight excluding hydrogens is 281 g/mol. The second kappa shape index (κ2) is 58.0. The van der Waals surface area contributed by atoms with Gasteiger partial charge < -0.3 is 32.9 Å². The van der Waals surface area contributed by atoms with E-state index in [0.29, 0.717) is 0 Å². The van der Waals surface area contributed by atoms with Crippen LogP contribution in [0.2, 0.25) is 0 Å². The summed E-state index contributed by atoms with van der Waals surface area (Å²) in [6.45, 7) is 0. The van der Waals surface area contributed by atoms with E-state index in [9.17, 15) is 0 Å². The molecule has 0 unspecified atom stereocenters. The van der Waals surface area contributed by atoms with E-state index in [1.807, 2.05) is 0 Å². The van der Waals surface area contributed by atoms with E-state index in [0.717, 1.165) is 0 Å². The quantitative estimate of drug-likeness (QED) is 0.431. The first-order valence-corrected chi connectivity index (χ1v) is 2.26. The van der Waals surface area contributed by atoms with Crippen molar-refractivity contribution in [3.05, 3.63) is 4.91 Å². The van der Waals surface area contributed by atoms with E-state index in [4.69, 9.17) is 10.1 Å². The zero-order chi connectivity index (χ0) is 3.58. The third-order valence-electron chi connectivity index (χ3n) is 0. The molecule has 0 rings (SSSR count). The van der Waals surface area contributed by atoms with Crippen LogP contribution in [0.3, 0.4) is 0 Å². The van der Waals surface area contributed by atoms with Gasteiger partial charge in [-0.3, -0.25) is 0 Å². The Balaban J connectivity index is -0.00000000300. The summed E-state index contributed by atoms with van der Waals surface area (Å²) in [6, 6.07) is 0. The summed E-state index contributed by atoms with van der Waals surface area (Å²) < 4.78 is -0.0833. The average Bonchev–Trinajstić information content (AvgIpc) is 0.811. The van der Waals surface area contributed by atoms with Gasteiger partial charge in [0.05, 0.1) is 0 Å². The van der Waals surface area contributed by atoms with Crippen LogP contribution in [0.5, 0.6) is 0 Å². The fourth-order valence-electron chi connectivity index (χ4n) is 0. The second-order valence-electron chi connectivity index (χ2n) is 0.303. The summed E-state index contributed by atoms with van der Waals surface area (Å²) in [5.41, 5.74) is 0. The standard InChI is InChI=1S/La.HNO2.6H2O/c;2-1-3;;;;;;/h;(H,2,3);6*1H2. The van der Waals surface area contributed by atoms with Gasteiger partial charge in [0, 0.05) is 0 Å². The van der Waals surface area contributed by atoms with Crippen LogP contribution < -0.4 is 0 Å². The molecule has 0 amide bonds. The molecule has 13 N–H and O–H groups in total. The zero-order valence-corrected chi connectivity index (χ0v) is 8.51. The van der Waals surface area contributed by atoms with Gasteiger partial charge in [-0.2, -0.15) is 0 Å². The Kier molecular flexibility index (Phi) is 467. The molecule has 0 heterocycles. The van der Waals surface area contributed by atoms with Crippen LogP contribution in [0.25, 0.3) is 0 Å². The van der Waals surface area contributed by atoms with Gasteiger partial charge in [0.25, 0.3) is 0 Å². The monoisotopic (exact) mass is 294 g/mol. The van der Waals surface area contributed by atoms with Crippen molar-refractivity contribution in [3.8, 4) is 0 Å². The van der Waals surface area contributed by atoms with Crippen LogP contribution in [0.15, 0.2) is 0 Å². The van der Waals surface area contributed by atoms with Crippen molar-refractivity contribution in [2.24, 2.45) is 0 Å². The van der Waals surface area contributed by atoms with Crippen molar-refractivity contribution in [2.75, 3.05) is 0 Å². The van der Waals surface area contributed by atoms with E-state index < -0.39 is 0 Å². The summed E-state index contributed by atoms with van der Waals surface area (Å²) in [5.74, 6) is 0. The minimum absolute atomic E-state index is 0. The van der Waals surface area contributed by atoms with Gasteiger partial charge in [0.2, 0.25) is 0 Å². The maximum atomic E-state index is 8.99. The van der Waals surface area contributed by atoms with Crippen LogP contribution in [-0.2, 0) is 0 Å². The Morgan fingerprint density at radius 2 is 0.900 bits per heavy atom. The molecule has 0 aromatic carbocycles. The van der Waals surface area contributed by atoms with Crippen LogP contribution in [0.4, 0.5) is 0 Å². The van der Waals surface area contributed by atoms with Gasteiger partial charge in [0.1, 0.15) is 0 Å². The van der Waals surface area contributed by atoms with Crippen molar-refractivity contribution in [3.63, 3.8) is 0 Å². The number of rotatable bonds is 0. The summed E-state index contributed by atoms with van der Waals surface area (Å²) in [5, 5.41) is 7.41. The van der Waals surface area contributed by atoms with Gasteiger partial charge >= 0.3 is 45.9 Å². The molecule has 0 spiro atoms. The second-order valence-corrected chi connectivity index (χ2v) is 1.69. The summed E-state index contributed by atoms with van der Waals surface area (Å²) in [7, 11) is 0. The number of hydrogen-bond acceptors (Lipinski definition) is 1. The average molecular weight is 294 g/mol. The van der Waals surface area contributed by atoms with Crippen molar-refractivity contribution >= 4 is 0 Å². The van der Waals surface area contributed by atoms with Crippen molar-refractivity contribution in [1.82, 2.24) is 0 Å². The molecule has 0 saturated heterocycles. The summed E-state index contributed by atoms with van der Waals surface area (Å²) in [6.07, 6.45) is 0. The molecule has 0 aliphatic heterocycles. The van der Waals surface area contributed by atoms with Gasteiger partial charge in [-0.05, 0) is 0 Å². The van der Waals surface area contributed by atoms with Gasteiger partial charge in [-0.15, -0.1) is 0 Å². The Morgan fingerprint density at radius 3 is 0.900 bits per heavy atom. The molecule has 10 heteroatoms. The SMILES string of the molecule is O.O.O.O.O.O.O=[N+](O)[La-]. The van der Waals surface area contributed by atoms with Gasteiger partial charge in [-0.25, -0.2) is 0 Å². The summed E-state index contributed by atoms with van der Waals surface area (Å²) in [4.78, 5) is 8.99. The van der Waals surface area contributed by atoms with Crippen molar-refractivity contribution < 1.29 is 73.8 Å². The fourth-order valence-corrected chi connectivity index (χ4v) is 0. The van der Waals surface area contributed by atoms with Crippen LogP contribution in [-0.4, -0.2) is 39.8 Å². The minimum atomic E-state index is -0.0833. The predicted molar refractivity (Wildman–Crippen MR) is 27.1 cm³/mol. The molecule has 0 aromatic rings. The van der Waals surface area contributed by atoms with Crippen LogP contribution >= 0.6 is 0 Å². The third-order valence-corrected chi connectivity index (χ3v) is 0. The van der Waals surface area contributed by atoms with E-state index in [1.165, 1.54) is 0 Å². The zero-order valence-electron chi connectivity index (χ0n) is 4.88. The normalized spacial score (nSPS) is 2.30. The first kappa shape index (κ1) is 80.5. The topological polar surface area (TPSA) is 229 Å². The van der Waals surface area contributed by atoms with E-state index >= 15 is 0 Å². The molecule has 10 heavy (non-hydrogen) atoms. The van der Waals surface area contributed by atoms with E-state index in [1.54, 1.807) is 0 Å². The third kappa shape index (κ3) is 3590. The van der Waals surface area contributed by atoms with Gasteiger partial charge in [0.15, 0.2) is 0 Å².